The van der Waals surface area contributed by atoms with Gasteiger partial charge in [0.15, 0.2) is 11.5 Å². The normalized spacial score (nSPS) is 16.4. The second-order valence-electron chi connectivity index (χ2n) is 11.4. The number of halogens is 2. The van der Waals surface area contributed by atoms with E-state index >= 15 is 0 Å². The van der Waals surface area contributed by atoms with E-state index < -0.39 is 45.6 Å². The topological polar surface area (TPSA) is 158 Å². The van der Waals surface area contributed by atoms with Crippen molar-refractivity contribution in [1.29, 1.82) is 0 Å². The molecule has 45 heavy (non-hydrogen) atoms. The number of anilines is 1. The van der Waals surface area contributed by atoms with E-state index in [2.05, 4.69) is 15.3 Å². The lowest BCUT2D eigenvalue weighted by Crippen LogP contribution is -2.60. The summed E-state index contributed by atoms with van der Waals surface area (Å²) in [6.07, 6.45) is 2.37. The van der Waals surface area contributed by atoms with Gasteiger partial charge in [-0.2, -0.15) is 0 Å². The van der Waals surface area contributed by atoms with Crippen molar-refractivity contribution in [2.45, 2.75) is 25.7 Å². The Hall–Kier alpha value is -4.15. The number of hydrogen-bond acceptors (Lipinski definition) is 8. The maximum absolute atomic E-state index is 14.1. The highest BCUT2D eigenvalue weighted by Gasteiger charge is 2.41. The largest absolute Gasteiger partial charge is 0.348 e. The van der Waals surface area contributed by atoms with E-state index in [9.17, 15) is 32.0 Å². The molecular weight excluding hydrogens is 631 g/mol. The van der Waals surface area contributed by atoms with Crippen LogP contribution in [0, 0.1) is 0 Å². The molecule has 0 unspecified atom stereocenters. The van der Waals surface area contributed by atoms with Crippen LogP contribution in [0.15, 0.2) is 41.3 Å². The number of alkyl halides is 1. The SMILES string of the molecule is CN(CCN1CCN(c2cnc3c(cc(C(=O)NCc4ccc(Cl)cc4)c(=O)n3CC(=O)N3CC(C)(F)C3)n2)C1=O)S(C)(=O)=O. The Kier molecular flexibility index (Phi) is 8.83. The molecule has 3 aromatic rings. The minimum Gasteiger partial charge on any atom is -0.348 e. The number of rotatable bonds is 10. The molecule has 1 N–H and O–H groups in total. The standard InChI is InChI=1S/C28H32ClFN8O6S/c1-28(30)16-36(17-28)23(39)15-38-24-21(12-20(26(38)41)25(40)32-13-18-4-6-19(29)7-5-18)33-22(14-31-24)37-11-10-35(27(37)42)9-8-34(2)45(3,43)44/h4-7,12,14H,8-11,13,15-17H2,1-3H3,(H,32,40). The van der Waals surface area contributed by atoms with Crippen molar-refractivity contribution in [2.24, 2.45) is 0 Å². The van der Waals surface area contributed by atoms with E-state index in [1.807, 2.05) is 0 Å². The molecule has 2 fully saturated rings. The Labute approximate surface area is 263 Å². The van der Waals surface area contributed by atoms with Crippen LogP contribution < -0.4 is 15.8 Å². The molecule has 2 aliphatic heterocycles. The second-order valence-corrected chi connectivity index (χ2v) is 13.9. The first-order valence-electron chi connectivity index (χ1n) is 14.0. The fourth-order valence-corrected chi connectivity index (χ4v) is 5.58. The Morgan fingerprint density at radius 2 is 1.84 bits per heavy atom. The van der Waals surface area contributed by atoms with Crippen LogP contribution in [0.2, 0.25) is 5.02 Å². The number of nitrogens with one attached hydrogen (secondary N) is 1. The van der Waals surface area contributed by atoms with Crippen molar-refractivity contribution in [2.75, 3.05) is 57.5 Å². The number of nitrogens with zero attached hydrogens (tertiary/aromatic N) is 7. The fraction of sp³-hybridized carbons (Fsp3) is 0.429. The van der Waals surface area contributed by atoms with Gasteiger partial charge in [-0.15, -0.1) is 0 Å². The first kappa shape index (κ1) is 32.2. The highest BCUT2D eigenvalue weighted by molar-refractivity contribution is 7.88. The van der Waals surface area contributed by atoms with Gasteiger partial charge in [-0.3, -0.25) is 23.9 Å². The van der Waals surface area contributed by atoms with Crippen molar-refractivity contribution in [1.82, 2.24) is 34.0 Å². The zero-order valence-corrected chi connectivity index (χ0v) is 26.4. The minimum atomic E-state index is -3.41. The number of amides is 4. The predicted octanol–water partition coefficient (Wildman–Crippen LogP) is 1.08. The highest BCUT2D eigenvalue weighted by Crippen LogP contribution is 2.25. The highest BCUT2D eigenvalue weighted by atomic mass is 35.5. The summed E-state index contributed by atoms with van der Waals surface area (Å²) in [4.78, 5) is 65.9. The number of carbonyl (C=O) groups excluding carboxylic acids is 3. The molecule has 0 bridgehead atoms. The fourth-order valence-electron chi connectivity index (χ4n) is 5.04. The zero-order chi connectivity index (χ0) is 32.7. The third kappa shape index (κ3) is 7.07. The van der Waals surface area contributed by atoms with Gasteiger partial charge in [0.2, 0.25) is 15.9 Å². The van der Waals surface area contributed by atoms with E-state index in [1.54, 1.807) is 24.3 Å². The Morgan fingerprint density at radius 3 is 2.49 bits per heavy atom. The van der Waals surface area contributed by atoms with Gasteiger partial charge in [-0.05, 0) is 30.7 Å². The minimum absolute atomic E-state index is 0.00756. The van der Waals surface area contributed by atoms with Gasteiger partial charge >= 0.3 is 6.03 Å². The monoisotopic (exact) mass is 662 g/mol. The molecular formula is C28H32ClFN8O6S. The third-order valence-electron chi connectivity index (χ3n) is 7.70. The molecule has 14 nitrogen and oxygen atoms in total. The molecule has 2 saturated heterocycles. The first-order valence-corrected chi connectivity index (χ1v) is 16.2. The molecule has 1 aromatic carbocycles. The Bertz CT molecular complexity index is 1830. The summed E-state index contributed by atoms with van der Waals surface area (Å²) >= 11 is 5.93. The lowest BCUT2D eigenvalue weighted by Gasteiger charge is -2.42. The predicted molar refractivity (Wildman–Crippen MR) is 164 cm³/mol. The van der Waals surface area contributed by atoms with Crippen LogP contribution in [-0.4, -0.2) is 113 Å². The zero-order valence-electron chi connectivity index (χ0n) is 24.9. The van der Waals surface area contributed by atoms with E-state index in [0.717, 1.165) is 20.7 Å². The second kappa shape index (κ2) is 12.3. The number of carbonyl (C=O) groups is 3. The maximum atomic E-state index is 14.1. The molecule has 5 rings (SSSR count). The molecule has 0 spiro atoms. The first-order chi connectivity index (χ1) is 21.1. The number of sulfonamides is 1. The van der Waals surface area contributed by atoms with Crippen LogP contribution in [-0.2, 0) is 27.9 Å². The molecule has 4 heterocycles. The summed E-state index contributed by atoms with van der Waals surface area (Å²) in [6, 6.07) is 7.61. The van der Waals surface area contributed by atoms with Gasteiger partial charge in [-0.1, -0.05) is 23.7 Å². The molecule has 2 aliphatic rings. The Morgan fingerprint density at radius 1 is 1.16 bits per heavy atom. The lowest BCUT2D eigenvalue weighted by atomic mass is 9.99. The molecule has 4 amide bonds. The van der Waals surface area contributed by atoms with Gasteiger partial charge in [0.05, 0.1) is 25.5 Å². The van der Waals surface area contributed by atoms with Gasteiger partial charge in [0.1, 0.15) is 23.3 Å². The van der Waals surface area contributed by atoms with Crippen LogP contribution >= 0.6 is 11.6 Å². The van der Waals surface area contributed by atoms with Crippen LogP contribution in [0.5, 0.6) is 0 Å². The number of fused-ring (bicyclic) bond motifs is 1. The van der Waals surface area contributed by atoms with Crippen molar-refractivity contribution in [3.05, 3.63) is 63.0 Å². The number of urea groups is 1. The van der Waals surface area contributed by atoms with E-state index in [1.165, 1.54) is 40.9 Å². The number of aromatic nitrogens is 3. The summed E-state index contributed by atoms with van der Waals surface area (Å²) in [6.45, 7) is 1.55. The molecule has 0 radical (unpaired) electrons. The van der Waals surface area contributed by atoms with Crippen molar-refractivity contribution >= 4 is 56.5 Å². The average molecular weight is 663 g/mol. The van der Waals surface area contributed by atoms with Crippen molar-refractivity contribution < 1.29 is 27.2 Å². The van der Waals surface area contributed by atoms with E-state index in [4.69, 9.17) is 11.6 Å². The summed E-state index contributed by atoms with van der Waals surface area (Å²) in [7, 11) is -1.99. The number of likely N-dealkylation sites (tertiary alicyclic amines) is 1. The van der Waals surface area contributed by atoms with Crippen molar-refractivity contribution in [3.8, 4) is 0 Å². The number of likely N-dealkylation sites (N-methyl/N-ethyl adjacent to an activating group) is 1. The Balaban J connectivity index is 1.44. The summed E-state index contributed by atoms with van der Waals surface area (Å²) < 4.78 is 39.7. The van der Waals surface area contributed by atoms with Gasteiger partial charge in [-0.25, -0.2) is 31.9 Å². The molecule has 0 atom stereocenters. The molecule has 2 aromatic heterocycles. The van der Waals surface area contributed by atoms with E-state index in [0.29, 0.717) is 11.6 Å². The van der Waals surface area contributed by atoms with Crippen molar-refractivity contribution in [3.63, 3.8) is 0 Å². The smallest absolute Gasteiger partial charge is 0.325 e. The third-order valence-corrected chi connectivity index (χ3v) is 9.27. The van der Waals surface area contributed by atoms with Gasteiger partial charge in [0.25, 0.3) is 11.5 Å². The lowest BCUT2D eigenvalue weighted by molar-refractivity contribution is -0.144. The molecule has 240 valence electrons. The average Bonchev–Trinajstić information content (AvgIpc) is 3.34. The summed E-state index contributed by atoms with van der Waals surface area (Å²) in [5, 5.41) is 3.21. The van der Waals surface area contributed by atoms with Crippen LogP contribution in [0.4, 0.5) is 15.0 Å². The van der Waals surface area contributed by atoms with Crippen LogP contribution in [0.3, 0.4) is 0 Å². The summed E-state index contributed by atoms with van der Waals surface area (Å²) in [5.74, 6) is -1.10. The number of pyridine rings is 1. The summed E-state index contributed by atoms with van der Waals surface area (Å²) in [5.41, 5.74) is -1.78. The molecule has 0 aliphatic carbocycles. The quantitative estimate of drug-likeness (QED) is 0.338. The molecule has 0 saturated carbocycles. The van der Waals surface area contributed by atoms with Gasteiger partial charge < -0.3 is 15.1 Å². The van der Waals surface area contributed by atoms with E-state index in [-0.39, 0.29) is 61.8 Å². The van der Waals surface area contributed by atoms with Crippen LogP contribution in [0.1, 0.15) is 22.8 Å². The number of benzene rings is 1. The van der Waals surface area contributed by atoms with Crippen LogP contribution in [0.25, 0.3) is 11.2 Å². The molecule has 17 heteroatoms. The van der Waals surface area contributed by atoms with Gasteiger partial charge in [0, 0.05) is 44.8 Å². The number of hydrogen-bond donors (Lipinski definition) is 1. The maximum Gasteiger partial charge on any atom is 0.325 e.